The largest absolute Gasteiger partial charge is 0.396 e. The number of piperidine rings is 1. The topological polar surface area (TPSA) is 137 Å². The molecule has 1 aliphatic heterocycles. The normalized spacial score (nSPS) is 20.9. The van der Waals surface area contributed by atoms with Gasteiger partial charge in [-0.15, -0.1) is 0 Å². The maximum Gasteiger partial charge on any atom is 0.253 e. The van der Waals surface area contributed by atoms with Gasteiger partial charge in [0.25, 0.3) is 5.91 Å². The summed E-state index contributed by atoms with van der Waals surface area (Å²) in [6, 6.07) is 5.77. The summed E-state index contributed by atoms with van der Waals surface area (Å²) in [5.74, 6) is 5.40. The van der Waals surface area contributed by atoms with E-state index in [1.807, 2.05) is 12.1 Å². The Balaban J connectivity index is 2.02. The fraction of sp³-hybridized carbons (Fsp3) is 0.375. The van der Waals surface area contributed by atoms with Crippen LogP contribution in [-0.4, -0.2) is 35.6 Å². The van der Waals surface area contributed by atoms with E-state index in [4.69, 9.17) is 11.6 Å². The average Bonchev–Trinajstić information content (AvgIpc) is 2.99. The summed E-state index contributed by atoms with van der Waals surface area (Å²) in [4.78, 5) is 25.7. The molecule has 2 amide bonds. The Labute approximate surface area is 138 Å². The summed E-state index contributed by atoms with van der Waals surface area (Å²) in [7, 11) is 0. The van der Waals surface area contributed by atoms with Crippen molar-refractivity contribution in [3.8, 4) is 0 Å². The van der Waals surface area contributed by atoms with Crippen molar-refractivity contribution in [1.82, 2.24) is 10.3 Å². The van der Waals surface area contributed by atoms with Gasteiger partial charge in [0.2, 0.25) is 6.41 Å². The molecule has 0 aliphatic carbocycles. The number of aromatic amines is 1. The Hall–Kier alpha value is -2.42. The molecule has 0 bridgehead atoms. The van der Waals surface area contributed by atoms with E-state index in [1.165, 1.54) is 0 Å². The first-order chi connectivity index (χ1) is 11.5. The van der Waals surface area contributed by atoms with Crippen molar-refractivity contribution in [3.05, 3.63) is 29.3 Å². The summed E-state index contributed by atoms with van der Waals surface area (Å²) in [6.45, 7) is 1.03. The van der Waals surface area contributed by atoms with Crippen LogP contribution in [0.4, 0.5) is 5.82 Å². The van der Waals surface area contributed by atoms with Crippen molar-refractivity contribution in [2.24, 2.45) is 17.5 Å². The molecular formula is C16H21N5O3. The Morgan fingerprint density at radius 2 is 2.25 bits per heavy atom. The van der Waals surface area contributed by atoms with Crippen molar-refractivity contribution in [2.75, 3.05) is 18.2 Å². The Kier molecular flexibility index (Phi) is 4.52. The lowest BCUT2D eigenvalue weighted by Crippen LogP contribution is -2.33. The zero-order chi connectivity index (χ0) is 17.3. The summed E-state index contributed by atoms with van der Waals surface area (Å²) in [5, 5.41) is 14.2. The van der Waals surface area contributed by atoms with Crippen molar-refractivity contribution < 1.29 is 14.7 Å². The van der Waals surface area contributed by atoms with Crippen molar-refractivity contribution in [3.63, 3.8) is 0 Å². The van der Waals surface area contributed by atoms with Crippen LogP contribution in [0.15, 0.2) is 18.2 Å². The predicted molar refractivity (Wildman–Crippen MR) is 90.1 cm³/mol. The monoisotopic (exact) mass is 331 g/mol. The molecule has 0 radical (unpaired) electrons. The van der Waals surface area contributed by atoms with Crippen molar-refractivity contribution in [1.29, 1.82) is 0 Å². The lowest BCUT2D eigenvalue weighted by Gasteiger charge is -2.29. The molecule has 1 aromatic carbocycles. The molecular weight excluding hydrogens is 310 g/mol. The van der Waals surface area contributed by atoms with E-state index < -0.39 is 5.91 Å². The molecule has 2 atom stereocenters. The third-order valence-corrected chi connectivity index (χ3v) is 4.59. The van der Waals surface area contributed by atoms with Gasteiger partial charge in [-0.1, -0.05) is 12.1 Å². The number of fused-ring (bicyclic) bond motifs is 1. The zero-order valence-corrected chi connectivity index (χ0v) is 13.2. The van der Waals surface area contributed by atoms with Crippen LogP contribution < -0.4 is 21.9 Å². The first kappa shape index (κ1) is 16.4. The smallest absolute Gasteiger partial charge is 0.253 e. The van der Waals surface area contributed by atoms with Gasteiger partial charge in [-0.2, -0.15) is 0 Å². The van der Waals surface area contributed by atoms with Gasteiger partial charge in [-0.05, 0) is 36.9 Å². The minimum Gasteiger partial charge on any atom is -0.396 e. The molecule has 128 valence electrons. The number of hydrazine groups is 1. The number of anilines is 1. The van der Waals surface area contributed by atoms with Crippen LogP contribution in [0.1, 0.15) is 34.8 Å². The molecule has 2 aromatic rings. The highest BCUT2D eigenvalue weighted by Gasteiger charge is 2.24. The number of H-pyrrole nitrogens is 1. The van der Waals surface area contributed by atoms with E-state index in [0.29, 0.717) is 17.3 Å². The van der Waals surface area contributed by atoms with Gasteiger partial charge in [0.05, 0.1) is 5.56 Å². The number of hydrogen-bond acceptors (Lipinski definition) is 5. The number of nitrogens with two attached hydrogens (primary N) is 2. The number of aliphatic hydroxyl groups excluding tert-OH is 1. The molecule has 2 unspecified atom stereocenters. The van der Waals surface area contributed by atoms with E-state index >= 15 is 0 Å². The van der Waals surface area contributed by atoms with Crippen LogP contribution in [0.2, 0.25) is 0 Å². The number of carbonyl (C=O) groups excluding carboxylic acids is 2. The van der Waals surface area contributed by atoms with Crippen LogP contribution in [0, 0.1) is 5.92 Å². The van der Waals surface area contributed by atoms with Gasteiger partial charge in [0.1, 0.15) is 5.82 Å². The van der Waals surface area contributed by atoms with E-state index in [-0.39, 0.29) is 29.9 Å². The number of carbonyl (C=O) groups is 2. The molecule has 1 saturated heterocycles. The lowest BCUT2D eigenvalue weighted by molar-refractivity contribution is -0.107. The molecule has 8 nitrogen and oxygen atoms in total. The molecule has 8 heteroatoms. The van der Waals surface area contributed by atoms with E-state index in [9.17, 15) is 14.7 Å². The highest BCUT2D eigenvalue weighted by molar-refractivity contribution is 6.12. The lowest BCUT2D eigenvalue weighted by atomic mass is 9.89. The minimum atomic E-state index is -0.655. The molecule has 0 saturated carbocycles. The first-order valence-electron chi connectivity index (χ1n) is 7.84. The Morgan fingerprint density at radius 3 is 2.92 bits per heavy atom. The molecule has 24 heavy (non-hydrogen) atoms. The number of primary amides is 1. The highest BCUT2D eigenvalue weighted by Crippen LogP contribution is 2.32. The SMILES string of the molecule is NC(=O)c1c(N(N)C=O)[nH]c2cc(C3CC(CO)CCN3)ccc12. The fourth-order valence-corrected chi connectivity index (χ4v) is 3.33. The van der Waals surface area contributed by atoms with Crippen molar-refractivity contribution in [2.45, 2.75) is 18.9 Å². The van der Waals surface area contributed by atoms with Crippen molar-refractivity contribution >= 4 is 29.0 Å². The maximum atomic E-state index is 11.7. The zero-order valence-electron chi connectivity index (χ0n) is 13.2. The van der Waals surface area contributed by atoms with Gasteiger partial charge >= 0.3 is 0 Å². The molecule has 1 aromatic heterocycles. The molecule has 7 N–H and O–H groups in total. The van der Waals surface area contributed by atoms with E-state index in [1.54, 1.807) is 6.07 Å². The summed E-state index contributed by atoms with van der Waals surface area (Å²) < 4.78 is 0. The molecule has 1 aliphatic rings. The maximum absolute atomic E-state index is 11.7. The average molecular weight is 331 g/mol. The van der Waals surface area contributed by atoms with Crippen LogP contribution in [0.5, 0.6) is 0 Å². The van der Waals surface area contributed by atoms with Gasteiger partial charge < -0.3 is 21.1 Å². The molecule has 1 fully saturated rings. The van der Waals surface area contributed by atoms with E-state index in [2.05, 4.69) is 10.3 Å². The van der Waals surface area contributed by atoms with Crippen LogP contribution >= 0.6 is 0 Å². The molecule has 2 heterocycles. The number of aliphatic hydroxyl groups is 1. The molecule has 0 spiro atoms. The fourth-order valence-electron chi connectivity index (χ4n) is 3.33. The number of hydrogen-bond donors (Lipinski definition) is 5. The highest BCUT2D eigenvalue weighted by atomic mass is 16.3. The number of amides is 2. The van der Waals surface area contributed by atoms with Gasteiger partial charge in [0, 0.05) is 23.6 Å². The Bertz CT molecular complexity index is 772. The molecule has 3 rings (SSSR count). The Morgan fingerprint density at radius 1 is 1.46 bits per heavy atom. The van der Waals surface area contributed by atoms with Gasteiger partial charge in [-0.3, -0.25) is 9.59 Å². The second-order valence-corrected chi connectivity index (χ2v) is 6.11. The first-order valence-corrected chi connectivity index (χ1v) is 7.84. The third kappa shape index (κ3) is 2.86. The van der Waals surface area contributed by atoms with Gasteiger partial charge in [0.15, 0.2) is 0 Å². The van der Waals surface area contributed by atoms with Crippen LogP contribution in [0.3, 0.4) is 0 Å². The summed E-state index contributed by atoms with van der Waals surface area (Å²) >= 11 is 0. The quantitative estimate of drug-likeness (QED) is 0.230. The number of benzene rings is 1. The minimum absolute atomic E-state index is 0.129. The standard InChI is InChI=1S/C16H21N5O3/c17-15(24)14-11-2-1-10(12-5-9(7-22)3-4-19-12)6-13(11)20-16(14)21(18)8-23/h1-2,6,8-9,12,19-20,22H,3-5,7,18H2,(H2,17,24). The van der Waals surface area contributed by atoms with E-state index in [0.717, 1.165) is 30.0 Å². The second kappa shape index (κ2) is 6.60. The summed E-state index contributed by atoms with van der Waals surface area (Å²) in [5.41, 5.74) is 7.35. The van der Waals surface area contributed by atoms with Crippen LogP contribution in [-0.2, 0) is 4.79 Å². The predicted octanol–water partition coefficient (Wildman–Crippen LogP) is 0.136. The van der Waals surface area contributed by atoms with Crippen LogP contribution in [0.25, 0.3) is 10.9 Å². The third-order valence-electron chi connectivity index (χ3n) is 4.59. The second-order valence-electron chi connectivity index (χ2n) is 6.11. The number of rotatable bonds is 5. The number of nitrogens with zero attached hydrogens (tertiary/aromatic N) is 1. The van der Waals surface area contributed by atoms with Gasteiger partial charge in [-0.25, -0.2) is 10.9 Å². The number of nitrogens with one attached hydrogen (secondary N) is 2. The summed E-state index contributed by atoms with van der Waals surface area (Å²) in [6.07, 6.45) is 2.21. The number of aromatic nitrogens is 1.